The minimum absolute atomic E-state index is 0.0293. The number of aromatic hydroxyl groups is 1. The van der Waals surface area contributed by atoms with Gasteiger partial charge in [0.05, 0.1) is 25.1 Å². The van der Waals surface area contributed by atoms with Gasteiger partial charge in [-0.25, -0.2) is 17.9 Å². The van der Waals surface area contributed by atoms with Crippen LogP contribution in [-0.2, 0) is 26.1 Å². The number of aryl methyl sites for hydroxylation is 1. The molecule has 4 aromatic carbocycles. The lowest BCUT2D eigenvalue weighted by molar-refractivity contribution is -0.117. The number of carbonyl (C=O) groups is 2. The Morgan fingerprint density at radius 1 is 0.844 bits per heavy atom. The zero-order valence-corrected chi connectivity index (χ0v) is 25.5. The molecule has 0 atom stereocenters. The molecule has 1 heterocycles. The van der Waals surface area contributed by atoms with Crippen LogP contribution in [0.3, 0.4) is 0 Å². The highest BCUT2D eigenvalue weighted by Gasteiger charge is 2.23. The third-order valence-corrected chi connectivity index (χ3v) is 8.68. The van der Waals surface area contributed by atoms with E-state index in [4.69, 9.17) is 4.74 Å². The summed E-state index contributed by atoms with van der Waals surface area (Å²) in [4.78, 5) is 31.5. The molecule has 0 saturated carbocycles. The highest BCUT2D eigenvalue weighted by molar-refractivity contribution is 7.89. The number of phenolic OH excluding ortho intramolecular Hbond substituents is 1. The van der Waals surface area contributed by atoms with Gasteiger partial charge in [0.15, 0.2) is 0 Å². The second-order valence-corrected chi connectivity index (χ2v) is 12.0. The zero-order chi connectivity index (χ0) is 32.0. The van der Waals surface area contributed by atoms with Crippen LogP contribution < -0.4 is 9.62 Å². The molecule has 0 fully saturated rings. The number of carbonyl (C=O) groups excluding carboxylic acids is 2. The molecular weight excluding hydrogens is 590 g/mol. The summed E-state index contributed by atoms with van der Waals surface area (Å²) in [7, 11) is -2.87. The number of nitrogens with one attached hydrogen (secondary N) is 1. The quantitative estimate of drug-likeness (QED) is 0.191. The second kappa shape index (κ2) is 13.5. The molecule has 2 N–H and O–H groups in total. The monoisotopic (exact) mass is 621 g/mol. The van der Waals surface area contributed by atoms with Crippen LogP contribution in [0.5, 0.6) is 5.75 Å². The minimum atomic E-state index is -4.06. The second-order valence-electron chi connectivity index (χ2n) is 10.3. The summed E-state index contributed by atoms with van der Waals surface area (Å²) in [6, 6.07) is 29.8. The van der Waals surface area contributed by atoms with Crippen LogP contribution >= 0.6 is 0 Å². The third kappa shape index (κ3) is 7.26. The van der Waals surface area contributed by atoms with E-state index in [-0.39, 0.29) is 28.4 Å². The van der Waals surface area contributed by atoms with Gasteiger partial charge < -0.3 is 14.7 Å². The Labute approximate surface area is 261 Å². The number of hydrogen-bond acceptors (Lipinski definition) is 7. The van der Waals surface area contributed by atoms with Gasteiger partial charge in [-0.05, 0) is 88.8 Å². The molecule has 0 spiro atoms. The molecule has 0 bridgehead atoms. The number of hydrogen-bond donors (Lipinski definition) is 2. The number of amides is 1. The minimum Gasteiger partial charge on any atom is -0.507 e. The van der Waals surface area contributed by atoms with E-state index in [0.29, 0.717) is 0 Å². The van der Waals surface area contributed by atoms with Crippen molar-refractivity contribution in [2.45, 2.75) is 18.4 Å². The fraction of sp³-hybridized carbons (Fsp3) is 0.114. The molecular formula is C35H31N3O6S. The fourth-order valence-electron chi connectivity index (χ4n) is 4.95. The van der Waals surface area contributed by atoms with Crippen LogP contribution in [-0.4, -0.2) is 44.0 Å². The number of anilines is 1. The van der Waals surface area contributed by atoms with Gasteiger partial charge in [-0.2, -0.15) is 0 Å². The van der Waals surface area contributed by atoms with E-state index < -0.39 is 28.4 Å². The van der Waals surface area contributed by atoms with Crippen molar-refractivity contribution in [1.82, 2.24) is 9.71 Å². The number of aromatic nitrogens is 1. The largest absolute Gasteiger partial charge is 0.507 e. The predicted molar refractivity (Wildman–Crippen MR) is 172 cm³/mol. The average molecular weight is 622 g/mol. The standard InChI is InChI=1S/C35H31N3O6S/c1-24-19-30(12-13-31(24)27-8-4-3-5-9-27)45(42,43)37-22-34(40)38(29-11-14-33(39)32(21-29)35(41)44-2)23-25-7-6-10-28(20-25)26-15-17-36-18-16-26/h3-21,37,39H,22-23H2,1-2H3. The SMILES string of the molecule is COC(=O)c1cc(N(Cc2cccc(-c3ccncc3)c2)C(=O)CNS(=O)(=O)c2ccc(-c3ccccc3)c(C)c2)ccc1O. The van der Waals surface area contributed by atoms with Crippen molar-refractivity contribution < 1.29 is 27.9 Å². The van der Waals surface area contributed by atoms with Crippen LogP contribution in [0.1, 0.15) is 21.5 Å². The van der Waals surface area contributed by atoms with Gasteiger partial charge in [0, 0.05) is 18.1 Å². The van der Waals surface area contributed by atoms with Gasteiger partial charge in [-0.1, -0.05) is 54.6 Å². The average Bonchev–Trinajstić information content (AvgIpc) is 3.07. The summed E-state index contributed by atoms with van der Waals surface area (Å²) in [6.45, 7) is 1.33. The maximum absolute atomic E-state index is 13.7. The van der Waals surface area contributed by atoms with Crippen LogP contribution in [0.15, 0.2) is 120 Å². The summed E-state index contributed by atoms with van der Waals surface area (Å²) in [6.07, 6.45) is 3.37. The van der Waals surface area contributed by atoms with Crippen LogP contribution in [0.2, 0.25) is 0 Å². The van der Waals surface area contributed by atoms with Crippen molar-refractivity contribution >= 4 is 27.6 Å². The van der Waals surface area contributed by atoms with Crippen molar-refractivity contribution in [2.75, 3.05) is 18.6 Å². The maximum atomic E-state index is 13.7. The van der Waals surface area contributed by atoms with E-state index in [1.54, 1.807) is 24.5 Å². The Kier molecular flexibility index (Phi) is 9.36. The highest BCUT2D eigenvalue weighted by Crippen LogP contribution is 2.28. The molecule has 228 valence electrons. The molecule has 5 aromatic rings. The Morgan fingerprint density at radius 2 is 1.58 bits per heavy atom. The number of methoxy groups -OCH3 is 1. The molecule has 0 unspecified atom stereocenters. The maximum Gasteiger partial charge on any atom is 0.341 e. The lowest BCUT2D eigenvalue weighted by atomic mass is 10.0. The van der Waals surface area contributed by atoms with E-state index >= 15 is 0 Å². The summed E-state index contributed by atoms with van der Waals surface area (Å²) in [5.74, 6) is -1.67. The van der Waals surface area contributed by atoms with Crippen molar-refractivity contribution in [1.29, 1.82) is 0 Å². The van der Waals surface area contributed by atoms with E-state index in [9.17, 15) is 23.1 Å². The van der Waals surface area contributed by atoms with Crippen molar-refractivity contribution in [3.8, 4) is 28.0 Å². The number of sulfonamides is 1. The first-order valence-electron chi connectivity index (χ1n) is 14.0. The number of esters is 1. The molecule has 0 saturated heterocycles. The highest BCUT2D eigenvalue weighted by atomic mass is 32.2. The predicted octanol–water partition coefficient (Wildman–Crippen LogP) is 5.73. The number of phenols is 1. The molecule has 10 heteroatoms. The van der Waals surface area contributed by atoms with Crippen LogP contribution in [0, 0.1) is 6.92 Å². The van der Waals surface area contributed by atoms with Crippen molar-refractivity contribution in [3.05, 3.63) is 132 Å². The number of ether oxygens (including phenoxy) is 1. The Hall–Kier alpha value is -5.32. The van der Waals surface area contributed by atoms with E-state index in [1.165, 1.54) is 36.3 Å². The Balaban J connectivity index is 1.42. The smallest absolute Gasteiger partial charge is 0.341 e. The zero-order valence-electron chi connectivity index (χ0n) is 24.7. The fourth-order valence-corrected chi connectivity index (χ4v) is 6.00. The number of nitrogens with zero attached hydrogens (tertiary/aromatic N) is 2. The number of rotatable bonds is 10. The normalized spacial score (nSPS) is 11.2. The summed E-state index contributed by atoms with van der Waals surface area (Å²) in [5, 5.41) is 10.3. The first-order valence-corrected chi connectivity index (χ1v) is 15.5. The molecule has 0 aliphatic heterocycles. The lowest BCUT2D eigenvalue weighted by Gasteiger charge is -2.24. The topological polar surface area (TPSA) is 126 Å². The van der Waals surface area contributed by atoms with Crippen molar-refractivity contribution in [3.63, 3.8) is 0 Å². The van der Waals surface area contributed by atoms with Crippen LogP contribution in [0.4, 0.5) is 5.69 Å². The van der Waals surface area contributed by atoms with E-state index in [1.807, 2.05) is 73.7 Å². The number of benzene rings is 4. The van der Waals surface area contributed by atoms with Crippen molar-refractivity contribution in [2.24, 2.45) is 0 Å². The molecule has 45 heavy (non-hydrogen) atoms. The summed E-state index contributed by atoms with van der Waals surface area (Å²) >= 11 is 0. The first kappa shape index (κ1) is 31.1. The van der Waals surface area contributed by atoms with Gasteiger partial charge in [0.1, 0.15) is 11.3 Å². The third-order valence-electron chi connectivity index (χ3n) is 7.29. The molecule has 9 nitrogen and oxygen atoms in total. The van der Waals surface area contributed by atoms with Gasteiger partial charge in [-0.3, -0.25) is 9.78 Å². The summed E-state index contributed by atoms with van der Waals surface area (Å²) in [5.41, 5.74) is 5.36. The lowest BCUT2D eigenvalue weighted by Crippen LogP contribution is -2.40. The molecule has 1 amide bonds. The number of pyridine rings is 1. The van der Waals surface area contributed by atoms with E-state index in [2.05, 4.69) is 9.71 Å². The molecule has 1 aromatic heterocycles. The van der Waals surface area contributed by atoms with Gasteiger partial charge in [0.2, 0.25) is 15.9 Å². The molecule has 5 rings (SSSR count). The van der Waals surface area contributed by atoms with Gasteiger partial charge >= 0.3 is 5.97 Å². The molecule has 0 aliphatic carbocycles. The van der Waals surface area contributed by atoms with E-state index in [0.717, 1.165) is 33.4 Å². The van der Waals surface area contributed by atoms with Crippen LogP contribution in [0.25, 0.3) is 22.3 Å². The Morgan fingerprint density at radius 3 is 2.29 bits per heavy atom. The first-order chi connectivity index (χ1) is 21.7. The molecule has 0 aliphatic rings. The van der Waals surface area contributed by atoms with Gasteiger partial charge in [0.25, 0.3) is 0 Å². The molecule has 0 radical (unpaired) electrons. The summed E-state index contributed by atoms with van der Waals surface area (Å²) < 4.78 is 33.8. The Bertz CT molecular complexity index is 1950. The van der Waals surface area contributed by atoms with Gasteiger partial charge in [-0.15, -0.1) is 0 Å².